The first-order chi connectivity index (χ1) is 13.5. The summed E-state index contributed by atoms with van der Waals surface area (Å²) in [6, 6.07) is 18.4. The Morgan fingerprint density at radius 1 is 1.03 bits per heavy atom. The van der Waals surface area contributed by atoms with Crippen molar-refractivity contribution in [2.24, 2.45) is 4.99 Å². The van der Waals surface area contributed by atoms with Gasteiger partial charge >= 0.3 is 0 Å². The molecule has 156 valence electrons. The van der Waals surface area contributed by atoms with Crippen molar-refractivity contribution < 1.29 is 4.79 Å². The lowest BCUT2D eigenvalue weighted by atomic mass is 9.96. The summed E-state index contributed by atoms with van der Waals surface area (Å²) in [5.41, 5.74) is 3.42. The van der Waals surface area contributed by atoms with Crippen LogP contribution in [0.2, 0.25) is 0 Å². The van der Waals surface area contributed by atoms with E-state index >= 15 is 0 Å². The fourth-order valence-electron chi connectivity index (χ4n) is 3.29. The predicted molar refractivity (Wildman–Crippen MR) is 130 cm³/mol. The van der Waals surface area contributed by atoms with E-state index < -0.39 is 0 Å². The topological polar surface area (TPSA) is 56.7 Å². The molecule has 1 amide bonds. The van der Waals surface area contributed by atoms with E-state index in [1.807, 2.05) is 24.3 Å². The number of aliphatic imine (C=N–C) groups is 1. The van der Waals surface area contributed by atoms with Gasteiger partial charge in [0.15, 0.2) is 5.96 Å². The largest absolute Gasteiger partial charge is 0.357 e. The highest BCUT2D eigenvalue weighted by atomic mass is 127. The Kier molecular flexibility index (Phi) is 8.49. The average Bonchev–Trinajstić information content (AvgIpc) is 3.52. The molecule has 0 aliphatic heterocycles. The number of amides is 1. The molecule has 0 unspecified atom stereocenters. The molecule has 2 N–H and O–H groups in total. The molecule has 1 aliphatic carbocycles. The SMILES string of the molecule is CCNC(=NCc1ccc(C(=O)N(C)C)cc1)NCC1(c2ccccc2)CC1.I. The number of carbonyl (C=O) groups excluding carboxylic acids is 1. The quantitative estimate of drug-likeness (QED) is 0.342. The van der Waals surface area contributed by atoms with E-state index in [1.54, 1.807) is 19.0 Å². The number of halogens is 1. The van der Waals surface area contributed by atoms with Crippen molar-refractivity contribution >= 4 is 35.8 Å². The molecule has 1 fully saturated rings. The van der Waals surface area contributed by atoms with Crippen molar-refractivity contribution in [3.63, 3.8) is 0 Å². The Balaban J connectivity index is 0.00000300. The molecular formula is C23H31IN4O. The van der Waals surface area contributed by atoms with E-state index in [1.165, 1.54) is 18.4 Å². The van der Waals surface area contributed by atoms with Crippen LogP contribution in [0.25, 0.3) is 0 Å². The maximum absolute atomic E-state index is 12.0. The summed E-state index contributed by atoms with van der Waals surface area (Å²) in [6.45, 7) is 4.35. The minimum atomic E-state index is 0. The lowest BCUT2D eigenvalue weighted by molar-refractivity contribution is 0.0827. The molecule has 0 heterocycles. The highest BCUT2D eigenvalue weighted by Gasteiger charge is 2.43. The van der Waals surface area contributed by atoms with E-state index in [9.17, 15) is 4.79 Å². The van der Waals surface area contributed by atoms with Gasteiger partial charge in [0.2, 0.25) is 0 Å². The van der Waals surface area contributed by atoms with Crippen LogP contribution in [0.4, 0.5) is 0 Å². The first-order valence-corrected chi connectivity index (χ1v) is 9.92. The van der Waals surface area contributed by atoms with Gasteiger partial charge in [-0.25, -0.2) is 4.99 Å². The highest BCUT2D eigenvalue weighted by molar-refractivity contribution is 14.0. The van der Waals surface area contributed by atoms with E-state index in [0.717, 1.165) is 24.6 Å². The highest BCUT2D eigenvalue weighted by Crippen LogP contribution is 2.47. The number of rotatable bonds is 7. The summed E-state index contributed by atoms with van der Waals surface area (Å²) in [4.78, 5) is 18.3. The summed E-state index contributed by atoms with van der Waals surface area (Å²) in [6.07, 6.45) is 2.43. The molecule has 5 nitrogen and oxygen atoms in total. The molecule has 2 aromatic rings. The van der Waals surface area contributed by atoms with Crippen LogP contribution in [0.15, 0.2) is 59.6 Å². The van der Waals surface area contributed by atoms with Gasteiger partial charge in [-0.1, -0.05) is 42.5 Å². The Morgan fingerprint density at radius 3 is 2.24 bits per heavy atom. The first-order valence-electron chi connectivity index (χ1n) is 9.92. The number of benzene rings is 2. The normalized spacial score (nSPS) is 14.5. The van der Waals surface area contributed by atoms with Crippen molar-refractivity contribution in [1.29, 1.82) is 0 Å². The van der Waals surface area contributed by atoms with E-state index in [0.29, 0.717) is 12.1 Å². The van der Waals surface area contributed by atoms with Crippen molar-refractivity contribution in [2.45, 2.75) is 31.7 Å². The summed E-state index contributed by atoms with van der Waals surface area (Å²) in [5.74, 6) is 0.846. The molecule has 29 heavy (non-hydrogen) atoms. The Labute approximate surface area is 191 Å². The lowest BCUT2D eigenvalue weighted by Gasteiger charge is -2.19. The second-order valence-corrected chi connectivity index (χ2v) is 7.59. The molecule has 0 atom stereocenters. The van der Waals surface area contributed by atoms with Gasteiger partial charge in [0, 0.05) is 38.2 Å². The van der Waals surface area contributed by atoms with Crippen LogP contribution in [0.1, 0.15) is 41.3 Å². The number of hydrogen-bond donors (Lipinski definition) is 2. The Morgan fingerprint density at radius 2 is 1.69 bits per heavy atom. The third kappa shape index (κ3) is 6.19. The molecular weight excluding hydrogens is 475 g/mol. The van der Waals surface area contributed by atoms with Crippen LogP contribution < -0.4 is 10.6 Å². The van der Waals surface area contributed by atoms with Gasteiger partial charge in [-0.2, -0.15) is 0 Å². The van der Waals surface area contributed by atoms with Crippen LogP contribution >= 0.6 is 24.0 Å². The molecule has 0 radical (unpaired) electrons. The summed E-state index contributed by atoms with van der Waals surface area (Å²) >= 11 is 0. The summed E-state index contributed by atoms with van der Waals surface area (Å²) < 4.78 is 0. The Bertz CT molecular complexity index is 815. The van der Waals surface area contributed by atoms with Crippen molar-refractivity contribution in [3.8, 4) is 0 Å². The fourth-order valence-corrected chi connectivity index (χ4v) is 3.29. The van der Waals surface area contributed by atoms with Crippen LogP contribution in [-0.2, 0) is 12.0 Å². The molecule has 0 aromatic heterocycles. The smallest absolute Gasteiger partial charge is 0.253 e. The third-order valence-corrected chi connectivity index (χ3v) is 5.20. The van der Waals surface area contributed by atoms with Crippen LogP contribution in [0.5, 0.6) is 0 Å². The Hall–Kier alpha value is -2.09. The minimum Gasteiger partial charge on any atom is -0.357 e. The zero-order valence-electron chi connectivity index (χ0n) is 17.4. The second kappa shape index (κ2) is 10.6. The van der Waals surface area contributed by atoms with Gasteiger partial charge in [0.05, 0.1) is 6.54 Å². The zero-order chi connectivity index (χ0) is 20.0. The molecule has 1 saturated carbocycles. The van der Waals surface area contributed by atoms with Gasteiger partial charge < -0.3 is 15.5 Å². The molecule has 0 bridgehead atoms. The monoisotopic (exact) mass is 506 g/mol. The van der Waals surface area contributed by atoms with Gasteiger partial charge in [-0.15, -0.1) is 24.0 Å². The van der Waals surface area contributed by atoms with Gasteiger partial charge in [-0.3, -0.25) is 4.79 Å². The van der Waals surface area contributed by atoms with Gasteiger partial charge in [0.1, 0.15) is 0 Å². The van der Waals surface area contributed by atoms with Crippen molar-refractivity contribution in [1.82, 2.24) is 15.5 Å². The van der Waals surface area contributed by atoms with Gasteiger partial charge in [-0.05, 0) is 43.0 Å². The number of hydrogen-bond acceptors (Lipinski definition) is 2. The molecule has 0 spiro atoms. The molecule has 0 saturated heterocycles. The van der Waals surface area contributed by atoms with Crippen LogP contribution in [0.3, 0.4) is 0 Å². The van der Waals surface area contributed by atoms with Gasteiger partial charge in [0.25, 0.3) is 5.91 Å². The molecule has 3 rings (SSSR count). The molecule has 1 aliphatic rings. The maximum Gasteiger partial charge on any atom is 0.253 e. The number of nitrogens with one attached hydrogen (secondary N) is 2. The zero-order valence-corrected chi connectivity index (χ0v) is 19.8. The minimum absolute atomic E-state index is 0. The van der Waals surface area contributed by atoms with Crippen molar-refractivity contribution in [3.05, 3.63) is 71.3 Å². The van der Waals surface area contributed by atoms with Crippen LogP contribution in [0, 0.1) is 0 Å². The van der Waals surface area contributed by atoms with E-state index in [2.05, 4.69) is 47.9 Å². The first kappa shape index (κ1) is 23.2. The number of carbonyl (C=O) groups is 1. The number of guanidine groups is 1. The summed E-state index contributed by atoms with van der Waals surface area (Å²) in [5, 5.41) is 6.84. The van der Waals surface area contributed by atoms with E-state index in [4.69, 9.17) is 4.99 Å². The second-order valence-electron chi connectivity index (χ2n) is 7.59. The molecule has 2 aromatic carbocycles. The molecule has 6 heteroatoms. The van der Waals surface area contributed by atoms with Crippen molar-refractivity contribution in [2.75, 3.05) is 27.2 Å². The fraction of sp³-hybridized carbons (Fsp3) is 0.391. The average molecular weight is 506 g/mol. The lowest BCUT2D eigenvalue weighted by Crippen LogP contribution is -2.41. The summed E-state index contributed by atoms with van der Waals surface area (Å²) in [7, 11) is 3.52. The standard InChI is InChI=1S/C23H30N4O.HI/c1-4-24-22(26-17-23(14-15-23)20-8-6-5-7-9-20)25-16-18-10-12-19(13-11-18)21(28)27(2)3;/h5-13H,4,14-17H2,1-3H3,(H2,24,25,26);1H. The van der Waals surface area contributed by atoms with Crippen LogP contribution in [-0.4, -0.2) is 44.0 Å². The maximum atomic E-state index is 12.0. The predicted octanol–water partition coefficient (Wildman–Crippen LogP) is 3.79. The number of nitrogens with zero attached hydrogens (tertiary/aromatic N) is 2. The van der Waals surface area contributed by atoms with E-state index in [-0.39, 0.29) is 35.3 Å². The third-order valence-electron chi connectivity index (χ3n) is 5.20.